The Morgan fingerprint density at radius 1 is 1.08 bits per heavy atom. The van der Waals surface area contributed by atoms with Crippen LogP contribution in [0.25, 0.3) is 21.3 Å². The molecule has 4 aromatic rings. The second-order valence-corrected chi connectivity index (χ2v) is 7.58. The molecule has 0 bridgehead atoms. The van der Waals surface area contributed by atoms with E-state index in [-0.39, 0.29) is 0 Å². The van der Waals surface area contributed by atoms with Crippen molar-refractivity contribution in [2.75, 3.05) is 7.11 Å². The fourth-order valence-corrected chi connectivity index (χ4v) is 4.53. The molecule has 0 fully saturated rings. The highest BCUT2D eigenvalue weighted by atomic mass is 32.1. The fraction of sp³-hybridized carbons (Fsp3) is 0.158. The summed E-state index contributed by atoms with van der Waals surface area (Å²) in [6.45, 7) is 2.00. The lowest BCUT2D eigenvalue weighted by Crippen LogP contribution is -1.93. The van der Waals surface area contributed by atoms with Crippen LogP contribution < -0.4 is 4.74 Å². The molecule has 0 saturated heterocycles. The standard InChI is InChI=1S/C19H16N4OS2/c1-12-18(26-19(22-12)14-10-20-7-8-21-14)15-11-25-17(23-15)9-13-5-3-4-6-16(13)24-2/h3-8,10-11H,9H2,1-2H3. The molecule has 0 radical (unpaired) electrons. The number of hydrogen-bond acceptors (Lipinski definition) is 7. The number of thiazole rings is 2. The van der Waals surface area contributed by atoms with Gasteiger partial charge in [-0.25, -0.2) is 9.97 Å². The average Bonchev–Trinajstić information content (AvgIpc) is 3.29. The van der Waals surface area contributed by atoms with Crippen LogP contribution in [-0.4, -0.2) is 27.0 Å². The summed E-state index contributed by atoms with van der Waals surface area (Å²) >= 11 is 3.26. The van der Waals surface area contributed by atoms with Gasteiger partial charge in [0.15, 0.2) is 0 Å². The molecule has 0 aliphatic rings. The third-order valence-corrected chi connectivity index (χ3v) is 5.95. The lowest BCUT2D eigenvalue weighted by atomic mass is 10.1. The quantitative estimate of drug-likeness (QED) is 0.505. The molecule has 0 atom stereocenters. The Labute approximate surface area is 159 Å². The van der Waals surface area contributed by atoms with Gasteiger partial charge in [-0.05, 0) is 13.0 Å². The van der Waals surface area contributed by atoms with Crippen LogP contribution in [0.1, 0.15) is 16.3 Å². The van der Waals surface area contributed by atoms with Crippen molar-refractivity contribution >= 4 is 22.7 Å². The van der Waals surface area contributed by atoms with Gasteiger partial charge in [-0.2, -0.15) is 0 Å². The summed E-state index contributed by atoms with van der Waals surface area (Å²) < 4.78 is 5.44. The third kappa shape index (κ3) is 3.36. The number of methoxy groups -OCH3 is 1. The van der Waals surface area contributed by atoms with Crippen molar-refractivity contribution in [3.8, 4) is 27.0 Å². The number of nitrogens with zero attached hydrogens (tertiary/aromatic N) is 4. The first-order chi connectivity index (χ1) is 12.7. The van der Waals surface area contributed by atoms with Gasteiger partial charge in [0, 0.05) is 29.8 Å². The summed E-state index contributed by atoms with van der Waals surface area (Å²) in [5.74, 6) is 0.892. The molecule has 7 heteroatoms. The zero-order valence-electron chi connectivity index (χ0n) is 14.3. The smallest absolute Gasteiger partial charge is 0.144 e. The third-order valence-electron chi connectivity index (χ3n) is 3.90. The minimum Gasteiger partial charge on any atom is -0.496 e. The minimum atomic E-state index is 0.754. The van der Waals surface area contributed by atoms with Crippen LogP contribution in [0.4, 0.5) is 0 Å². The molecule has 0 aliphatic carbocycles. The number of para-hydroxylation sites is 1. The molecule has 0 amide bonds. The summed E-state index contributed by atoms with van der Waals surface area (Å²) in [5.41, 5.74) is 3.85. The van der Waals surface area contributed by atoms with E-state index >= 15 is 0 Å². The largest absolute Gasteiger partial charge is 0.496 e. The molecule has 3 heterocycles. The van der Waals surface area contributed by atoms with E-state index in [0.29, 0.717) is 0 Å². The average molecular weight is 380 g/mol. The molecule has 0 unspecified atom stereocenters. The van der Waals surface area contributed by atoms with Crippen molar-refractivity contribution in [2.45, 2.75) is 13.3 Å². The van der Waals surface area contributed by atoms with Crippen molar-refractivity contribution in [2.24, 2.45) is 0 Å². The van der Waals surface area contributed by atoms with Crippen molar-refractivity contribution < 1.29 is 4.74 Å². The van der Waals surface area contributed by atoms with Crippen LogP contribution in [0.15, 0.2) is 48.2 Å². The second kappa shape index (κ2) is 7.31. The molecule has 4 rings (SSSR count). The van der Waals surface area contributed by atoms with E-state index in [0.717, 1.165) is 49.7 Å². The van der Waals surface area contributed by atoms with E-state index in [9.17, 15) is 0 Å². The SMILES string of the molecule is COc1ccccc1Cc1nc(-c2sc(-c3cnccn3)nc2C)cs1. The van der Waals surface area contributed by atoms with Gasteiger partial charge in [-0.3, -0.25) is 9.97 Å². The zero-order chi connectivity index (χ0) is 17.9. The molecule has 0 saturated carbocycles. The van der Waals surface area contributed by atoms with Crippen molar-refractivity contribution in [3.63, 3.8) is 0 Å². The van der Waals surface area contributed by atoms with Crippen LogP contribution in [0.2, 0.25) is 0 Å². The maximum atomic E-state index is 5.44. The first-order valence-corrected chi connectivity index (χ1v) is 9.74. The number of aryl methyl sites for hydroxylation is 1. The molecule has 0 spiro atoms. The minimum absolute atomic E-state index is 0.754. The monoisotopic (exact) mass is 380 g/mol. The molecule has 1 aromatic carbocycles. The van der Waals surface area contributed by atoms with E-state index in [4.69, 9.17) is 9.72 Å². The van der Waals surface area contributed by atoms with Crippen LogP contribution >= 0.6 is 22.7 Å². The number of ether oxygens (including phenoxy) is 1. The highest BCUT2D eigenvalue weighted by Crippen LogP contribution is 2.35. The summed E-state index contributed by atoms with van der Waals surface area (Å²) in [4.78, 5) is 19.0. The van der Waals surface area contributed by atoms with E-state index in [1.54, 1.807) is 48.4 Å². The van der Waals surface area contributed by atoms with Gasteiger partial charge in [-0.1, -0.05) is 18.2 Å². The predicted molar refractivity (Wildman–Crippen MR) is 105 cm³/mol. The Balaban J connectivity index is 1.61. The molecule has 0 aliphatic heterocycles. The first-order valence-electron chi connectivity index (χ1n) is 8.05. The van der Waals surface area contributed by atoms with Crippen LogP contribution in [-0.2, 0) is 6.42 Å². The molecule has 0 N–H and O–H groups in total. The maximum Gasteiger partial charge on any atom is 0.144 e. The highest BCUT2D eigenvalue weighted by Gasteiger charge is 2.15. The predicted octanol–water partition coefficient (Wildman–Crippen LogP) is 4.63. The van der Waals surface area contributed by atoms with Gasteiger partial charge in [0.1, 0.15) is 16.5 Å². The zero-order valence-corrected chi connectivity index (χ0v) is 16.0. The van der Waals surface area contributed by atoms with Gasteiger partial charge < -0.3 is 4.74 Å². The van der Waals surface area contributed by atoms with Gasteiger partial charge in [0.25, 0.3) is 0 Å². The van der Waals surface area contributed by atoms with Crippen molar-refractivity contribution in [3.05, 3.63) is 64.5 Å². The molecular formula is C19H16N4OS2. The Kier molecular flexibility index (Phi) is 4.73. The van der Waals surface area contributed by atoms with Gasteiger partial charge in [-0.15, -0.1) is 22.7 Å². The second-order valence-electron chi connectivity index (χ2n) is 5.64. The number of benzene rings is 1. The molecule has 26 heavy (non-hydrogen) atoms. The van der Waals surface area contributed by atoms with Gasteiger partial charge in [0.05, 0.1) is 34.6 Å². The molecule has 5 nitrogen and oxygen atoms in total. The normalized spacial score (nSPS) is 10.8. The van der Waals surface area contributed by atoms with E-state index < -0.39 is 0 Å². The van der Waals surface area contributed by atoms with E-state index in [2.05, 4.69) is 26.4 Å². The van der Waals surface area contributed by atoms with Gasteiger partial charge in [0.2, 0.25) is 0 Å². The first kappa shape index (κ1) is 16.8. The topological polar surface area (TPSA) is 60.8 Å². The van der Waals surface area contributed by atoms with Crippen LogP contribution in [0, 0.1) is 6.92 Å². The molecule has 130 valence electrons. The number of aromatic nitrogens is 4. The lowest BCUT2D eigenvalue weighted by Gasteiger charge is -2.05. The van der Waals surface area contributed by atoms with E-state index in [1.807, 2.05) is 25.1 Å². The van der Waals surface area contributed by atoms with Crippen molar-refractivity contribution in [1.82, 2.24) is 19.9 Å². The Morgan fingerprint density at radius 3 is 2.77 bits per heavy atom. The van der Waals surface area contributed by atoms with Crippen molar-refractivity contribution in [1.29, 1.82) is 0 Å². The van der Waals surface area contributed by atoms with Gasteiger partial charge >= 0.3 is 0 Å². The molecular weight excluding hydrogens is 364 g/mol. The Bertz CT molecular complexity index is 1030. The summed E-state index contributed by atoms with van der Waals surface area (Å²) in [7, 11) is 1.70. The van der Waals surface area contributed by atoms with Crippen LogP contribution in [0.3, 0.4) is 0 Å². The van der Waals surface area contributed by atoms with Crippen LogP contribution in [0.5, 0.6) is 5.75 Å². The van der Waals surface area contributed by atoms with E-state index in [1.165, 1.54) is 0 Å². The molecule has 3 aromatic heterocycles. The lowest BCUT2D eigenvalue weighted by molar-refractivity contribution is 0.410. The summed E-state index contributed by atoms with van der Waals surface area (Å²) in [5, 5.41) is 4.01. The Morgan fingerprint density at radius 2 is 1.96 bits per heavy atom. The summed E-state index contributed by atoms with van der Waals surface area (Å²) in [6, 6.07) is 8.05. The highest BCUT2D eigenvalue weighted by molar-refractivity contribution is 7.18. The Hall–Kier alpha value is -2.64. The fourth-order valence-electron chi connectivity index (χ4n) is 2.66. The maximum absolute atomic E-state index is 5.44. The summed E-state index contributed by atoms with van der Waals surface area (Å²) in [6.07, 6.45) is 5.83. The number of hydrogen-bond donors (Lipinski definition) is 0. The number of rotatable bonds is 5.